The zero-order chi connectivity index (χ0) is 13.3. The first kappa shape index (κ1) is 12.8. The van der Waals surface area contributed by atoms with E-state index in [0.29, 0.717) is 0 Å². The van der Waals surface area contributed by atoms with Crippen molar-refractivity contribution in [2.24, 2.45) is 7.05 Å². The van der Waals surface area contributed by atoms with E-state index >= 15 is 0 Å². The Hall–Kier alpha value is -1.67. The topological polar surface area (TPSA) is 89.3 Å². The van der Waals surface area contributed by atoms with Gasteiger partial charge in [0.1, 0.15) is 9.77 Å². The first-order valence-corrected chi connectivity index (χ1v) is 7.45. The highest BCUT2D eigenvalue weighted by Gasteiger charge is 2.23. The number of aromatic nitrogens is 2. The average molecular weight is 286 g/mol. The number of carboxylic acids is 1. The second-order valence-electron chi connectivity index (χ2n) is 3.62. The minimum Gasteiger partial charge on any atom is -0.478 e. The molecule has 8 heteroatoms. The van der Waals surface area contributed by atoms with Crippen molar-refractivity contribution in [1.29, 1.82) is 0 Å². The van der Waals surface area contributed by atoms with Gasteiger partial charge in [-0.3, -0.25) is 4.68 Å². The molecule has 2 heterocycles. The van der Waals surface area contributed by atoms with Gasteiger partial charge in [0, 0.05) is 7.05 Å². The Morgan fingerprint density at radius 1 is 1.56 bits per heavy atom. The molecule has 0 aliphatic carbocycles. The number of hydrogen-bond donors (Lipinski definition) is 1. The standard InChI is InChI=1S/C10H10N2O4S2/c1-12-8(7(5-11-12)10(13)14)6-18(15,16)9-3-2-4-17-9/h2-5H,6H2,1H3,(H,13,14). The molecule has 0 unspecified atom stereocenters. The lowest BCUT2D eigenvalue weighted by molar-refractivity contribution is 0.0696. The number of carbonyl (C=O) groups is 1. The van der Waals surface area contributed by atoms with Crippen LogP contribution in [0.5, 0.6) is 0 Å². The molecule has 0 saturated heterocycles. The van der Waals surface area contributed by atoms with Gasteiger partial charge in [-0.1, -0.05) is 6.07 Å². The molecule has 0 spiro atoms. The van der Waals surface area contributed by atoms with Crippen LogP contribution in [0.4, 0.5) is 0 Å². The first-order chi connectivity index (χ1) is 8.42. The van der Waals surface area contributed by atoms with E-state index in [9.17, 15) is 13.2 Å². The average Bonchev–Trinajstić information content (AvgIpc) is 2.89. The third-order valence-corrected chi connectivity index (χ3v) is 5.54. The van der Waals surface area contributed by atoms with Gasteiger partial charge in [0.15, 0.2) is 9.84 Å². The lowest BCUT2D eigenvalue weighted by Gasteiger charge is -2.04. The van der Waals surface area contributed by atoms with E-state index < -0.39 is 15.8 Å². The molecule has 18 heavy (non-hydrogen) atoms. The van der Waals surface area contributed by atoms with Crippen molar-refractivity contribution in [2.75, 3.05) is 0 Å². The van der Waals surface area contributed by atoms with Crippen LogP contribution in [-0.2, 0) is 22.6 Å². The molecule has 2 aromatic heterocycles. The molecule has 0 fully saturated rings. The Bertz CT molecular complexity index is 671. The van der Waals surface area contributed by atoms with Crippen molar-refractivity contribution < 1.29 is 18.3 Å². The highest BCUT2D eigenvalue weighted by Crippen LogP contribution is 2.22. The molecule has 0 amide bonds. The summed E-state index contributed by atoms with van der Waals surface area (Å²) in [7, 11) is -2.00. The molecule has 0 aliphatic heterocycles. The van der Waals surface area contributed by atoms with Gasteiger partial charge in [-0.25, -0.2) is 13.2 Å². The van der Waals surface area contributed by atoms with E-state index in [-0.39, 0.29) is 21.2 Å². The molecule has 0 atom stereocenters. The summed E-state index contributed by atoms with van der Waals surface area (Å²) in [5.41, 5.74) is 0.0912. The van der Waals surface area contributed by atoms with Gasteiger partial charge in [-0.2, -0.15) is 5.10 Å². The van der Waals surface area contributed by atoms with E-state index in [1.165, 1.54) is 17.8 Å². The highest BCUT2D eigenvalue weighted by atomic mass is 32.2. The maximum Gasteiger partial charge on any atom is 0.339 e. The van der Waals surface area contributed by atoms with E-state index in [1.807, 2.05) is 0 Å². The fourth-order valence-electron chi connectivity index (χ4n) is 1.50. The summed E-state index contributed by atoms with van der Waals surface area (Å²) in [4.78, 5) is 11.0. The van der Waals surface area contributed by atoms with Crippen molar-refractivity contribution in [1.82, 2.24) is 9.78 Å². The van der Waals surface area contributed by atoms with Crippen LogP contribution in [0, 0.1) is 0 Å². The van der Waals surface area contributed by atoms with E-state index in [2.05, 4.69) is 5.10 Å². The van der Waals surface area contributed by atoms with Crippen molar-refractivity contribution >= 4 is 27.1 Å². The fourth-order valence-corrected chi connectivity index (χ4v) is 4.01. The van der Waals surface area contributed by atoms with E-state index in [0.717, 1.165) is 17.5 Å². The minimum absolute atomic E-state index is 0.0855. The van der Waals surface area contributed by atoms with Gasteiger partial charge in [-0.05, 0) is 11.4 Å². The van der Waals surface area contributed by atoms with Gasteiger partial charge in [0.2, 0.25) is 0 Å². The number of aryl methyl sites for hydroxylation is 1. The predicted molar refractivity (Wildman–Crippen MR) is 65.4 cm³/mol. The van der Waals surface area contributed by atoms with Gasteiger partial charge in [0.05, 0.1) is 17.6 Å². The Morgan fingerprint density at radius 3 is 2.83 bits per heavy atom. The number of aromatic carboxylic acids is 1. The van der Waals surface area contributed by atoms with Gasteiger partial charge in [-0.15, -0.1) is 11.3 Å². The number of nitrogens with zero attached hydrogens (tertiary/aromatic N) is 2. The second kappa shape index (κ2) is 4.54. The number of sulfone groups is 1. The van der Waals surface area contributed by atoms with Crippen LogP contribution in [0.3, 0.4) is 0 Å². The molecule has 0 radical (unpaired) electrons. The van der Waals surface area contributed by atoms with Crippen LogP contribution in [0.15, 0.2) is 27.9 Å². The van der Waals surface area contributed by atoms with Gasteiger partial charge >= 0.3 is 5.97 Å². The summed E-state index contributed by atoms with van der Waals surface area (Å²) in [6.07, 6.45) is 1.15. The summed E-state index contributed by atoms with van der Waals surface area (Å²) in [6, 6.07) is 3.13. The van der Waals surface area contributed by atoms with Crippen molar-refractivity contribution in [3.63, 3.8) is 0 Å². The quantitative estimate of drug-likeness (QED) is 0.910. The summed E-state index contributed by atoms with van der Waals surface area (Å²) < 4.78 is 25.6. The minimum atomic E-state index is -3.52. The molecule has 0 aliphatic rings. The Kier molecular flexibility index (Phi) is 3.22. The van der Waals surface area contributed by atoms with Crippen molar-refractivity contribution in [3.05, 3.63) is 35.0 Å². The second-order valence-corrected chi connectivity index (χ2v) is 6.79. The number of rotatable bonds is 4. The van der Waals surface area contributed by atoms with Crippen LogP contribution >= 0.6 is 11.3 Å². The summed E-state index contributed by atoms with van der Waals surface area (Å²) in [5, 5.41) is 14.4. The molecule has 6 nitrogen and oxygen atoms in total. The zero-order valence-electron chi connectivity index (χ0n) is 9.40. The van der Waals surface area contributed by atoms with Gasteiger partial charge < -0.3 is 5.11 Å². The van der Waals surface area contributed by atoms with Gasteiger partial charge in [0.25, 0.3) is 0 Å². The maximum atomic E-state index is 12.1. The van der Waals surface area contributed by atoms with Crippen molar-refractivity contribution in [3.8, 4) is 0 Å². The Morgan fingerprint density at radius 2 is 2.28 bits per heavy atom. The molecule has 2 aromatic rings. The Balaban J connectivity index is 2.41. The summed E-state index contributed by atoms with van der Waals surface area (Å²) in [6.45, 7) is 0. The lowest BCUT2D eigenvalue weighted by atomic mass is 10.3. The molecule has 2 rings (SSSR count). The van der Waals surface area contributed by atoms with Crippen LogP contribution in [0.1, 0.15) is 16.1 Å². The maximum absolute atomic E-state index is 12.1. The largest absolute Gasteiger partial charge is 0.478 e. The first-order valence-electron chi connectivity index (χ1n) is 4.92. The number of carboxylic acid groups (broad SMARTS) is 1. The summed E-state index contributed by atoms with van der Waals surface area (Å²) in [5.74, 6) is -1.55. The predicted octanol–water partition coefficient (Wildman–Crippen LogP) is 1.15. The van der Waals surface area contributed by atoms with E-state index in [4.69, 9.17) is 5.11 Å². The van der Waals surface area contributed by atoms with Crippen LogP contribution in [0.2, 0.25) is 0 Å². The SMILES string of the molecule is Cn1ncc(C(=O)O)c1CS(=O)(=O)c1cccs1. The molecule has 0 saturated carbocycles. The third kappa shape index (κ3) is 2.29. The molecule has 96 valence electrons. The molecular formula is C10H10N2O4S2. The zero-order valence-corrected chi connectivity index (χ0v) is 11.0. The smallest absolute Gasteiger partial charge is 0.339 e. The van der Waals surface area contributed by atoms with Crippen LogP contribution in [-0.4, -0.2) is 29.3 Å². The fraction of sp³-hybridized carbons (Fsp3) is 0.200. The Labute approximate surface area is 107 Å². The number of hydrogen-bond acceptors (Lipinski definition) is 5. The van der Waals surface area contributed by atoms with E-state index in [1.54, 1.807) is 11.4 Å². The lowest BCUT2D eigenvalue weighted by Crippen LogP contribution is -2.11. The monoisotopic (exact) mass is 286 g/mol. The van der Waals surface area contributed by atoms with Crippen LogP contribution < -0.4 is 0 Å². The highest BCUT2D eigenvalue weighted by molar-refractivity contribution is 7.92. The van der Waals surface area contributed by atoms with Crippen LogP contribution in [0.25, 0.3) is 0 Å². The molecule has 0 aromatic carbocycles. The number of thiophene rings is 1. The molecular weight excluding hydrogens is 276 g/mol. The summed E-state index contributed by atoms with van der Waals surface area (Å²) >= 11 is 1.11. The normalized spacial score (nSPS) is 11.6. The molecule has 0 bridgehead atoms. The third-order valence-electron chi connectivity index (χ3n) is 2.42. The molecule has 1 N–H and O–H groups in total. The van der Waals surface area contributed by atoms with Crippen molar-refractivity contribution in [2.45, 2.75) is 9.96 Å².